The van der Waals surface area contributed by atoms with E-state index in [4.69, 9.17) is 18.3 Å². The first-order valence-corrected chi connectivity index (χ1v) is 11.0. The third-order valence-corrected chi connectivity index (χ3v) is 7.91. The Morgan fingerprint density at radius 2 is 2.00 bits per heavy atom. The second-order valence-electron chi connectivity index (χ2n) is 9.47. The van der Waals surface area contributed by atoms with Gasteiger partial charge in [0.25, 0.3) is 0 Å². The highest BCUT2D eigenvalue weighted by atomic mass is 16.7. The first-order valence-electron chi connectivity index (χ1n) is 12.5. The van der Waals surface area contributed by atoms with E-state index in [1.807, 2.05) is 6.08 Å². The van der Waals surface area contributed by atoms with E-state index in [0.29, 0.717) is 18.6 Å². The number of carboxylic acid groups (broad SMARTS) is 1. The molecule has 1 spiro atoms. The fourth-order valence-corrected chi connectivity index (χ4v) is 6.41. The summed E-state index contributed by atoms with van der Waals surface area (Å²) in [5, 5.41) is 50.7. The molecule has 2 aliphatic carbocycles. The average Bonchev–Trinajstić information content (AvgIpc) is 3.15. The Morgan fingerprint density at radius 3 is 2.74 bits per heavy atom. The van der Waals surface area contributed by atoms with Gasteiger partial charge < -0.3 is 50.1 Å². The SMILES string of the molecule is O.[2H]C([2H])([2H])N1CC[C@]23c4c5ccc(O[C@@H]6O[C@H](C(=O)O)[C@@H](O)[C@H](O)[C@H]6O)c4O[C@H]2[C@@H](O)C=C[C@H]3[C@H]1C5. The lowest BCUT2D eigenvalue weighted by Gasteiger charge is -2.56. The number of aliphatic carboxylic acids is 1. The summed E-state index contributed by atoms with van der Waals surface area (Å²) < 4.78 is 41.5. The Labute approximate surface area is 199 Å². The monoisotopic (exact) mass is 482 g/mol. The van der Waals surface area contributed by atoms with E-state index < -0.39 is 61.3 Å². The Morgan fingerprint density at radius 1 is 1.21 bits per heavy atom. The number of hydrogen-bond donors (Lipinski definition) is 5. The highest BCUT2D eigenvalue weighted by molar-refractivity contribution is 5.73. The Balaban J connectivity index is 0.00000280. The molecule has 34 heavy (non-hydrogen) atoms. The van der Waals surface area contributed by atoms with Gasteiger partial charge in [-0.15, -0.1) is 0 Å². The van der Waals surface area contributed by atoms with Gasteiger partial charge in [-0.1, -0.05) is 18.2 Å². The van der Waals surface area contributed by atoms with Crippen LogP contribution in [0.3, 0.4) is 0 Å². The summed E-state index contributed by atoms with van der Waals surface area (Å²) in [5.41, 5.74) is 0.982. The van der Waals surface area contributed by atoms with E-state index in [2.05, 4.69) is 0 Å². The number of piperidine rings is 1. The number of aliphatic hydroxyl groups excluding tert-OH is 4. The highest BCUT2D eigenvalue weighted by Gasteiger charge is 2.64. The summed E-state index contributed by atoms with van der Waals surface area (Å²) in [4.78, 5) is 13.0. The molecular weight excluding hydrogens is 450 g/mol. The highest BCUT2D eigenvalue weighted by Crippen LogP contribution is 2.62. The van der Waals surface area contributed by atoms with Crippen molar-refractivity contribution in [2.75, 3.05) is 13.5 Å². The minimum atomic E-state index is -2.27. The summed E-state index contributed by atoms with van der Waals surface area (Å²) in [6.07, 6.45) is -6.11. The summed E-state index contributed by atoms with van der Waals surface area (Å²) in [7, 11) is 0. The van der Waals surface area contributed by atoms with E-state index in [1.165, 1.54) is 0 Å². The average molecular weight is 483 g/mol. The number of likely N-dealkylation sites (tertiary alicyclic amines) is 1. The van der Waals surface area contributed by atoms with Gasteiger partial charge in [0.1, 0.15) is 30.5 Å². The molecule has 0 radical (unpaired) electrons. The number of carboxylic acids is 1. The predicted octanol–water partition coefficient (Wildman–Crippen LogP) is -2.06. The largest absolute Gasteiger partial charge is 0.482 e. The van der Waals surface area contributed by atoms with Crippen molar-refractivity contribution in [3.63, 3.8) is 0 Å². The Bertz CT molecular complexity index is 1130. The molecular formula is C23H29NO10. The topological polar surface area (TPSA) is 181 Å². The number of rotatable bonds is 3. The number of hydrogen-bond acceptors (Lipinski definition) is 9. The molecule has 2 fully saturated rings. The van der Waals surface area contributed by atoms with Crippen LogP contribution in [-0.2, 0) is 21.4 Å². The molecule has 6 rings (SSSR count). The van der Waals surface area contributed by atoms with Crippen molar-refractivity contribution < 1.29 is 54.1 Å². The molecule has 0 aromatic heterocycles. The zero-order chi connectivity index (χ0) is 25.7. The second-order valence-corrected chi connectivity index (χ2v) is 9.47. The van der Waals surface area contributed by atoms with Crippen LogP contribution in [0, 0.1) is 5.92 Å². The molecule has 10 atom stereocenters. The van der Waals surface area contributed by atoms with Crippen molar-refractivity contribution in [2.45, 2.75) is 67.2 Å². The summed E-state index contributed by atoms with van der Waals surface area (Å²) in [6.45, 7) is -1.98. The minimum absolute atomic E-state index is 0. The number of ether oxygens (including phenoxy) is 3. The first-order chi connectivity index (χ1) is 16.9. The minimum Gasteiger partial charge on any atom is -0.482 e. The summed E-state index contributed by atoms with van der Waals surface area (Å²) >= 11 is 0. The van der Waals surface area contributed by atoms with Crippen molar-refractivity contribution in [1.29, 1.82) is 0 Å². The summed E-state index contributed by atoms with van der Waals surface area (Å²) in [5.74, 6) is -1.32. The summed E-state index contributed by atoms with van der Waals surface area (Å²) in [6, 6.07) is 3.01. The molecule has 1 aromatic carbocycles. The van der Waals surface area contributed by atoms with Crippen LogP contribution in [-0.4, -0.2) is 104 Å². The zero-order valence-electron chi connectivity index (χ0n) is 20.9. The fraction of sp³-hybridized carbons (Fsp3) is 0.609. The lowest BCUT2D eigenvalue weighted by atomic mass is 9.53. The molecule has 2 bridgehead atoms. The van der Waals surface area contributed by atoms with E-state index in [0.717, 1.165) is 11.1 Å². The second kappa shape index (κ2) is 7.89. The Kier molecular flexibility index (Phi) is 4.64. The molecule has 0 amide bonds. The van der Waals surface area contributed by atoms with Crippen LogP contribution >= 0.6 is 0 Å². The van der Waals surface area contributed by atoms with Crippen molar-refractivity contribution in [2.24, 2.45) is 5.92 Å². The van der Waals surface area contributed by atoms with Crippen molar-refractivity contribution >= 4 is 5.97 Å². The third-order valence-electron chi connectivity index (χ3n) is 7.91. The number of aliphatic hydroxyl groups is 4. The molecule has 5 aliphatic rings. The smallest absolute Gasteiger partial charge is 0.335 e. The van der Waals surface area contributed by atoms with Crippen LogP contribution < -0.4 is 9.47 Å². The van der Waals surface area contributed by atoms with E-state index in [-0.39, 0.29) is 29.7 Å². The molecule has 3 aliphatic heterocycles. The maximum Gasteiger partial charge on any atom is 0.335 e. The maximum atomic E-state index is 11.5. The van der Waals surface area contributed by atoms with Crippen molar-refractivity contribution in [3.8, 4) is 11.5 Å². The van der Waals surface area contributed by atoms with E-state index >= 15 is 0 Å². The van der Waals surface area contributed by atoms with Crippen molar-refractivity contribution in [1.82, 2.24) is 4.90 Å². The van der Waals surface area contributed by atoms with Gasteiger partial charge >= 0.3 is 5.97 Å². The van der Waals surface area contributed by atoms with Crippen LogP contribution in [0.5, 0.6) is 11.5 Å². The van der Waals surface area contributed by atoms with Gasteiger partial charge in [-0.3, -0.25) is 0 Å². The lowest BCUT2D eigenvalue weighted by molar-refractivity contribution is -0.271. The number of benzene rings is 1. The van der Waals surface area contributed by atoms with Crippen LogP contribution in [0.25, 0.3) is 0 Å². The first kappa shape index (κ1) is 20.0. The van der Waals surface area contributed by atoms with Gasteiger partial charge in [-0.25, -0.2) is 4.79 Å². The fourth-order valence-electron chi connectivity index (χ4n) is 6.41. The molecule has 11 heteroatoms. The standard InChI is InChI=1S/C23H27NO9.H2O/c1-24-7-6-23-10-3-4-12(25)20(23)32-18-13(5-2-9(14(18)23)8-11(10)24)31-22-17(28)15(26)16(27)19(33-22)21(29)30;/h2-5,10-12,15-17,19-20,22,25-28H,6-8H2,1H3,(H,29,30);1H2/t10-,11+,12-,15-,16-,17+,19-,20-,22+,23-;/m0./s1/i1D3;. The van der Waals surface area contributed by atoms with Crippen molar-refractivity contribution in [3.05, 3.63) is 35.4 Å². The quantitative estimate of drug-likeness (QED) is 0.301. The zero-order valence-corrected chi connectivity index (χ0v) is 17.9. The normalized spacial score (nSPS) is 45.6. The van der Waals surface area contributed by atoms with Crippen LogP contribution in [0.1, 0.15) is 21.7 Å². The third kappa shape index (κ3) is 2.92. The molecule has 1 aromatic rings. The molecule has 0 unspecified atom stereocenters. The Hall–Kier alpha value is -2.25. The predicted molar refractivity (Wildman–Crippen MR) is 114 cm³/mol. The van der Waals surface area contributed by atoms with Gasteiger partial charge in [0.2, 0.25) is 6.29 Å². The number of likely N-dealkylation sites (N-methyl/N-ethyl adjacent to an activating group) is 1. The van der Waals surface area contributed by atoms with Gasteiger partial charge in [0.05, 0.1) is 0 Å². The molecule has 7 N–H and O–H groups in total. The van der Waals surface area contributed by atoms with Crippen LogP contribution in [0.15, 0.2) is 24.3 Å². The molecule has 2 saturated heterocycles. The van der Waals surface area contributed by atoms with E-state index in [1.54, 1.807) is 23.1 Å². The lowest BCUT2D eigenvalue weighted by Crippen LogP contribution is -2.64. The van der Waals surface area contributed by atoms with Gasteiger partial charge in [-0.05, 0) is 38.0 Å². The molecule has 3 heterocycles. The maximum absolute atomic E-state index is 11.5. The molecule has 0 saturated carbocycles. The van der Waals surface area contributed by atoms with Gasteiger partial charge in [-0.2, -0.15) is 0 Å². The molecule has 186 valence electrons. The number of nitrogens with zero attached hydrogens (tertiary/aromatic N) is 1. The van der Waals surface area contributed by atoms with E-state index in [9.17, 15) is 30.3 Å². The van der Waals surface area contributed by atoms with Gasteiger partial charge in [0, 0.05) is 27.1 Å². The van der Waals surface area contributed by atoms with Gasteiger partial charge in [0.15, 0.2) is 17.6 Å². The van der Waals surface area contributed by atoms with Crippen LogP contribution in [0.4, 0.5) is 0 Å². The van der Waals surface area contributed by atoms with Crippen LogP contribution in [0.2, 0.25) is 0 Å². The number of carbonyl (C=O) groups is 1. The molecule has 11 nitrogen and oxygen atoms in total.